The lowest BCUT2D eigenvalue weighted by Crippen LogP contribution is -2.34. The van der Waals surface area contributed by atoms with Gasteiger partial charge in [-0.25, -0.2) is 0 Å². The Kier molecular flexibility index (Phi) is 5.86. The Labute approximate surface area is 118 Å². The lowest BCUT2D eigenvalue weighted by atomic mass is 9.77. The number of hydrogen-bond acceptors (Lipinski definition) is 2. The van der Waals surface area contributed by atoms with Gasteiger partial charge in [0.1, 0.15) is 5.75 Å². The van der Waals surface area contributed by atoms with Gasteiger partial charge in [-0.05, 0) is 38.3 Å². The van der Waals surface area contributed by atoms with E-state index >= 15 is 0 Å². The summed E-state index contributed by atoms with van der Waals surface area (Å²) in [5.41, 5.74) is 2.78. The molecule has 0 aliphatic rings. The van der Waals surface area contributed by atoms with E-state index in [-0.39, 0.29) is 5.41 Å². The highest BCUT2D eigenvalue weighted by Crippen LogP contribution is 2.40. The minimum Gasteiger partial charge on any atom is -0.494 e. The monoisotopic (exact) mass is 263 g/mol. The van der Waals surface area contributed by atoms with Gasteiger partial charge in [-0.3, -0.25) is 0 Å². The fraction of sp³-hybridized carbons (Fsp3) is 0.647. The zero-order valence-electron chi connectivity index (χ0n) is 13.3. The molecule has 0 amide bonds. The minimum absolute atomic E-state index is 0.204. The van der Waals surface area contributed by atoms with Crippen LogP contribution in [0, 0.1) is 12.3 Å². The third-order valence-corrected chi connectivity index (χ3v) is 3.88. The van der Waals surface area contributed by atoms with E-state index < -0.39 is 0 Å². The van der Waals surface area contributed by atoms with E-state index in [9.17, 15) is 0 Å². The Morgan fingerprint density at radius 1 is 1.21 bits per heavy atom. The van der Waals surface area contributed by atoms with Crippen LogP contribution in [0.25, 0.3) is 0 Å². The molecule has 1 unspecified atom stereocenters. The number of hydrogen-bond donors (Lipinski definition) is 1. The molecule has 19 heavy (non-hydrogen) atoms. The van der Waals surface area contributed by atoms with E-state index in [2.05, 4.69) is 58.1 Å². The minimum atomic E-state index is 0.204. The van der Waals surface area contributed by atoms with Crippen LogP contribution < -0.4 is 10.1 Å². The first kappa shape index (κ1) is 16.0. The Morgan fingerprint density at radius 2 is 1.89 bits per heavy atom. The molecule has 1 rings (SSSR count). The highest BCUT2D eigenvalue weighted by Gasteiger charge is 2.30. The highest BCUT2D eigenvalue weighted by molar-refractivity contribution is 5.40. The summed E-state index contributed by atoms with van der Waals surface area (Å²) in [6, 6.07) is 6.81. The molecule has 1 aromatic carbocycles. The topological polar surface area (TPSA) is 21.3 Å². The zero-order chi connectivity index (χ0) is 14.5. The van der Waals surface area contributed by atoms with Crippen molar-refractivity contribution < 1.29 is 4.74 Å². The van der Waals surface area contributed by atoms with Gasteiger partial charge in [-0.15, -0.1) is 0 Å². The van der Waals surface area contributed by atoms with Gasteiger partial charge in [0.2, 0.25) is 0 Å². The largest absolute Gasteiger partial charge is 0.494 e. The number of benzene rings is 1. The molecule has 2 heteroatoms. The van der Waals surface area contributed by atoms with Gasteiger partial charge in [-0.1, -0.05) is 45.4 Å². The molecule has 0 fully saturated rings. The first-order valence-corrected chi connectivity index (χ1v) is 7.43. The molecule has 0 bridgehead atoms. The Morgan fingerprint density at radius 3 is 2.42 bits per heavy atom. The molecular formula is C17H29NO. The molecule has 0 aliphatic heterocycles. The lowest BCUT2D eigenvalue weighted by Gasteiger charge is -2.35. The maximum atomic E-state index is 5.82. The molecule has 0 radical (unpaired) electrons. The third kappa shape index (κ3) is 3.97. The SMILES string of the molecule is CCNC(c1cc(C)ccc1OCC)C(C)(C)CC. The van der Waals surface area contributed by atoms with Crippen molar-refractivity contribution in [1.29, 1.82) is 0 Å². The van der Waals surface area contributed by atoms with Gasteiger partial charge in [0, 0.05) is 11.6 Å². The van der Waals surface area contributed by atoms with E-state index in [1.807, 2.05) is 6.92 Å². The maximum absolute atomic E-state index is 5.82. The van der Waals surface area contributed by atoms with Crippen LogP contribution >= 0.6 is 0 Å². The molecule has 1 aromatic rings. The maximum Gasteiger partial charge on any atom is 0.124 e. The fourth-order valence-electron chi connectivity index (χ4n) is 2.40. The first-order chi connectivity index (χ1) is 8.96. The molecule has 0 saturated heterocycles. The van der Waals surface area contributed by atoms with Gasteiger partial charge in [-0.2, -0.15) is 0 Å². The van der Waals surface area contributed by atoms with Gasteiger partial charge in [0.15, 0.2) is 0 Å². The summed E-state index contributed by atoms with van der Waals surface area (Å²) >= 11 is 0. The number of rotatable bonds is 7. The van der Waals surface area contributed by atoms with Crippen LogP contribution in [0.4, 0.5) is 0 Å². The number of nitrogens with one attached hydrogen (secondary N) is 1. The summed E-state index contributed by atoms with van der Waals surface area (Å²) in [5, 5.41) is 3.64. The van der Waals surface area contributed by atoms with Crippen molar-refractivity contribution in [3.8, 4) is 5.75 Å². The Bertz CT molecular complexity index is 398. The molecular weight excluding hydrogens is 234 g/mol. The molecule has 1 N–H and O–H groups in total. The summed E-state index contributed by atoms with van der Waals surface area (Å²) < 4.78 is 5.82. The van der Waals surface area contributed by atoms with E-state index in [4.69, 9.17) is 4.74 Å². The molecule has 0 heterocycles. The number of ether oxygens (including phenoxy) is 1. The van der Waals surface area contributed by atoms with Crippen LogP contribution in [-0.2, 0) is 0 Å². The van der Waals surface area contributed by atoms with Gasteiger partial charge in [0.25, 0.3) is 0 Å². The summed E-state index contributed by atoms with van der Waals surface area (Å²) in [4.78, 5) is 0. The number of aryl methyl sites for hydroxylation is 1. The zero-order valence-corrected chi connectivity index (χ0v) is 13.3. The van der Waals surface area contributed by atoms with E-state index in [1.54, 1.807) is 0 Å². The molecule has 0 aliphatic carbocycles. The fourth-order valence-corrected chi connectivity index (χ4v) is 2.40. The van der Waals surface area contributed by atoms with Crippen LogP contribution in [0.1, 0.15) is 58.2 Å². The van der Waals surface area contributed by atoms with Crippen LogP contribution in [0.3, 0.4) is 0 Å². The summed E-state index contributed by atoms with van der Waals surface area (Å²) in [5.74, 6) is 1.01. The van der Waals surface area contributed by atoms with Crippen molar-refractivity contribution in [2.75, 3.05) is 13.2 Å². The quantitative estimate of drug-likeness (QED) is 0.783. The average molecular weight is 263 g/mol. The van der Waals surface area contributed by atoms with Crippen molar-refractivity contribution in [1.82, 2.24) is 5.32 Å². The van der Waals surface area contributed by atoms with Crippen molar-refractivity contribution in [2.45, 2.75) is 54.0 Å². The second kappa shape index (κ2) is 6.95. The second-order valence-electron chi connectivity index (χ2n) is 5.81. The Balaban J connectivity index is 3.24. The summed E-state index contributed by atoms with van der Waals surface area (Å²) in [7, 11) is 0. The molecule has 2 nitrogen and oxygen atoms in total. The van der Waals surface area contributed by atoms with Crippen molar-refractivity contribution in [3.63, 3.8) is 0 Å². The molecule has 1 atom stereocenters. The smallest absolute Gasteiger partial charge is 0.124 e. The standard InChI is InChI=1S/C17H29NO/c1-7-17(5,6)16(18-8-2)14-12-13(4)10-11-15(14)19-9-3/h10-12,16,18H,7-9H2,1-6H3. The Hall–Kier alpha value is -1.02. The second-order valence-corrected chi connectivity index (χ2v) is 5.81. The van der Waals surface area contributed by atoms with Gasteiger partial charge >= 0.3 is 0 Å². The summed E-state index contributed by atoms with van der Waals surface area (Å²) in [6.07, 6.45) is 1.13. The van der Waals surface area contributed by atoms with Gasteiger partial charge in [0.05, 0.1) is 6.61 Å². The predicted octanol–water partition coefficient (Wildman–Crippen LogP) is 4.48. The van der Waals surface area contributed by atoms with Crippen molar-refractivity contribution in [3.05, 3.63) is 29.3 Å². The van der Waals surface area contributed by atoms with Gasteiger partial charge < -0.3 is 10.1 Å². The van der Waals surface area contributed by atoms with Crippen LogP contribution in [0.15, 0.2) is 18.2 Å². The lowest BCUT2D eigenvalue weighted by molar-refractivity contribution is 0.228. The molecule has 108 valence electrons. The van der Waals surface area contributed by atoms with Crippen molar-refractivity contribution >= 4 is 0 Å². The third-order valence-electron chi connectivity index (χ3n) is 3.88. The van der Waals surface area contributed by atoms with E-state index in [1.165, 1.54) is 11.1 Å². The van der Waals surface area contributed by atoms with Crippen molar-refractivity contribution in [2.24, 2.45) is 5.41 Å². The molecule has 0 spiro atoms. The predicted molar refractivity (Wildman–Crippen MR) is 82.8 cm³/mol. The van der Waals surface area contributed by atoms with Crippen LogP contribution in [0.5, 0.6) is 5.75 Å². The van der Waals surface area contributed by atoms with Crippen LogP contribution in [0.2, 0.25) is 0 Å². The van der Waals surface area contributed by atoms with Crippen LogP contribution in [-0.4, -0.2) is 13.2 Å². The highest BCUT2D eigenvalue weighted by atomic mass is 16.5. The summed E-state index contributed by atoms with van der Waals surface area (Å²) in [6.45, 7) is 14.9. The van der Waals surface area contributed by atoms with E-state index in [0.717, 1.165) is 18.7 Å². The molecule has 0 saturated carbocycles. The first-order valence-electron chi connectivity index (χ1n) is 7.43. The molecule has 0 aromatic heterocycles. The average Bonchev–Trinajstić information content (AvgIpc) is 2.38. The van der Waals surface area contributed by atoms with E-state index in [0.29, 0.717) is 12.6 Å². The normalized spacial score (nSPS) is 13.4.